The maximum absolute atomic E-state index is 13.5. The summed E-state index contributed by atoms with van der Waals surface area (Å²) in [6.07, 6.45) is 0. The second-order valence-corrected chi connectivity index (χ2v) is 7.64. The average molecular weight is 449 g/mol. The molecular formula is C25H21ClN2O4. The number of nitrogens with zero attached hydrogens (tertiary/aromatic N) is 1. The number of aryl methyl sites for hydroxylation is 1. The van der Waals surface area contributed by atoms with E-state index in [9.17, 15) is 9.59 Å². The number of halogens is 1. The molecule has 1 aliphatic heterocycles. The lowest BCUT2D eigenvalue weighted by Gasteiger charge is -2.16. The minimum Gasteiger partial charge on any atom is -0.497 e. The lowest BCUT2D eigenvalue weighted by molar-refractivity contribution is -0.120. The standard InChI is InChI=1S/C25H21ClN2O4/c1-15-5-4-6-18(13-15)28-24(29)22(16-7-10-19(31-2)11-8-16)23(25(28)30)27-17-9-12-21(32-3)20(26)14-17/h4-14,27H,1-3H3. The largest absolute Gasteiger partial charge is 0.497 e. The van der Waals surface area contributed by atoms with E-state index in [1.165, 1.54) is 12.0 Å². The highest BCUT2D eigenvalue weighted by Gasteiger charge is 2.40. The van der Waals surface area contributed by atoms with Crippen molar-refractivity contribution in [3.05, 3.63) is 88.6 Å². The van der Waals surface area contributed by atoms with E-state index in [-0.39, 0.29) is 11.3 Å². The molecule has 0 saturated carbocycles. The third kappa shape index (κ3) is 3.92. The summed E-state index contributed by atoms with van der Waals surface area (Å²) in [7, 11) is 3.09. The van der Waals surface area contributed by atoms with Gasteiger partial charge in [0, 0.05) is 5.69 Å². The molecule has 3 aromatic carbocycles. The number of carbonyl (C=O) groups excluding carboxylic acids is 2. The first-order valence-corrected chi connectivity index (χ1v) is 10.3. The molecule has 7 heteroatoms. The third-order valence-electron chi connectivity index (χ3n) is 5.14. The summed E-state index contributed by atoms with van der Waals surface area (Å²) in [6, 6.07) is 19.3. The van der Waals surface area contributed by atoms with Gasteiger partial charge in [-0.1, -0.05) is 35.9 Å². The highest BCUT2D eigenvalue weighted by atomic mass is 35.5. The van der Waals surface area contributed by atoms with Crippen LogP contribution in [0.4, 0.5) is 11.4 Å². The van der Waals surface area contributed by atoms with Gasteiger partial charge in [0.15, 0.2) is 0 Å². The molecule has 0 aliphatic carbocycles. The van der Waals surface area contributed by atoms with Crippen LogP contribution in [0.3, 0.4) is 0 Å². The number of imide groups is 1. The van der Waals surface area contributed by atoms with Crippen LogP contribution >= 0.6 is 11.6 Å². The lowest BCUT2D eigenvalue weighted by atomic mass is 10.0. The van der Waals surface area contributed by atoms with E-state index >= 15 is 0 Å². The molecule has 0 spiro atoms. The Kier molecular flexibility index (Phi) is 5.88. The lowest BCUT2D eigenvalue weighted by Crippen LogP contribution is -2.32. The van der Waals surface area contributed by atoms with Gasteiger partial charge in [0.1, 0.15) is 17.2 Å². The zero-order chi connectivity index (χ0) is 22.8. The van der Waals surface area contributed by atoms with Crippen molar-refractivity contribution in [3.63, 3.8) is 0 Å². The minimum absolute atomic E-state index is 0.169. The summed E-state index contributed by atoms with van der Waals surface area (Å²) in [5, 5.41) is 3.49. The van der Waals surface area contributed by atoms with Crippen molar-refractivity contribution in [2.75, 3.05) is 24.4 Å². The van der Waals surface area contributed by atoms with E-state index in [0.717, 1.165) is 5.56 Å². The molecular weight excluding hydrogens is 428 g/mol. The summed E-state index contributed by atoms with van der Waals surface area (Å²) in [5.41, 5.74) is 3.05. The fraction of sp³-hybridized carbons (Fsp3) is 0.120. The Labute approximate surface area is 191 Å². The van der Waals surface area contributed by atoms with Crippen LogP contribution in [0.5, 0.6) is 11.5 Å². The maximum atomic E-state index is 13.5. The quantitative estimate of drug-likeness (QED) is 0.534. The van der Waals surface area contributed by atoms with Crippen LogP contribution < -0.4 is 19.7 Å². The van der Waals surface area contributed by atoms with Gasteiger partial charge in [0.25, 0.3) is 11.8 Å². The van der Waals surface area contributed by atoms with Crippen LogP contribution in [0.1, 0.15) is 11.1 Å². The topological polar surface area (TPSA) is 67.9 Å². The first-order chi connectivity index (χ1) is 15.4. The summed E-state index contributed by atoms with van der Waals surface area (Å²) >= 11 is 6.25. The SMILES string of the molecule is COc1ccc(C2=C(Nc3ccc(OC)c(Cl)c3)C(=O)N(c3cccc(C)c3)C2=O)cc1. The predicted octanol–water partition coefficient (Wildman–Crippen LogP) is 5.06. The molecule has 162 valence electrons. The Morgan fingerprint density at radius 1 is 0.875 bits per heavy atom. The first kappa shape index (κ1) is 21.5. The van der Waals surface area contributed by atoms with E-state index in [1.807, 2.05) is 19.1 Å². The molecule has 0 fully saturated rings. The molecule has 1 aliphatic rings. The van der Waals surface area contributed by atoms with Gasteiger partial charge in [0.2, 0.25) is 0 Å². The number of ether oxygens (including phenoxy) is 2. The molecule has 0 saturated heterocycles. The van der Waals surface area contributed by atoms with Gasteiger partial charge in [-0.15, -0.1) is 0 Å². The van der Waals surface area contributed by atoms with Crippen molar-refractivity contribution in [1.82, 2.24) is 0 Å². The Morgan fingerprint density at radius 2 is 1.62 bits per heavy atom. The molecule has 4 rings (SSSR count). The summed E-state index contributed by atoms with van der Waals surface area (Å²) in [5.74, 6) is 0.307. The Bertz CT molecular complexity index is 1230. The third-order valence-corrected chi connectivity index (χ3v) is 5.44. The molecule has 2 amide bonds. The molecule has 6 nitrogen and oxygen atoms in total. The highest BCUT2D eigenvalue weighted by molar-refractivity contribution is 6.46. The summed E-state index contributed by atoms with van der Waals surface area (Å²) in [6.45, 7) is 1.91. The van der Waals surface area contributed by atoms with Gasteiger partial charge in [-0.2, -0.15) is 0 Å². The van der Waals surface area contributed by atoms with Crippen molar-refractivity contribution in [2.45, 2.75) is 6.92 Å². The normalized spacial score (nSPS) is 13.6. The minimum atomic E-state index is -0.446. The van der Waals surface area contributed by atoms with E-state index < -0.39 is 11.8 Å². The van der Waals surface area contributed by atoms with Gasteiger partial charge >= 0.3 is 0 Å². The van der Waals surface area contributed by atoms with E-state index in [2.05, 4.69) is 5.32 Å². The molecule has 1 N–H and O–H groups in total. The maximum Gasteiger partial charge on any atom is 0.282 e. The zero-order valence-corrected chi connectivity index (χ0v) is 18.6. The number of anilines is 2. The van der Waals surface area contributed by atoms with Gasteiger partial charge in [0.05, 0.1) is 30.5 Å². The van der Waals surface area contributed by atoms with Gasteiger partial charge < -0.3 is 14.8 Å². The van der Waals surface area contributed by atoms with Crippen LogP contribution in [0.2, 0.25) is 5.02 Å². The van der Waals surface area contributed by atoms with E-state index in [4.69, 9.17) is 21.1 Å². The van der Waals surface area contributed by atoms with E-state index in [1.54, 1.807) is 61.7 Å². The summed E-state index contributed by atoms with van der Waals surface area (Å²) < 4.78 is 10.4. The zero-order valence-electron chi connectivity index (χ0n) is 17.8. The van der Waals surface area contributed by atoms with Gasteiger partial charge in [-0.05, 0) is 60.5 Å². The van der Waals surface area contributed by atoms with Crippen molar-refractivity contribution in [2.24, 2.45) is 0 Å². The van der Waals surface area contributed by atoms with Crippen LogP contribution in [-0.4, -0.2) is 26.0 Å². The van der Waals surface area contributed by atoms with Crippen LogP contribution in [0.15, 0.2) is 72.4 Å². The molecule has 0 bridgehead atoms. The molecule has 0 unspecified atom stereocenters. The van der Waals surface area contributed by atoms with Crippen molar-refractivity contribution in [1.29, 1.82) is 0 Å². The monoisotopic (exact) mass is 448 g/mol. The molecule has 3 aromatic rings. The Morgan fingerprint density at radius 3 is 2.25 bits per heavy atom. The molecule has 32 heavy (non-hydrogen) atoms. The predicted molar refractivity (Wildman–Crippen MR) is 125 cm³/mol. The fourth-order valence-corrected chi connectivity index (χ4v) is 3.82. The van der Waals surface area contributed by atoms with Crippen LogP contribution in [-0.2, 0) is 9.59 Å². The average Bonchev–Trinajstić information content (AvgIpc) is 3.03. The van der Waals surface area contributed by atoms with Crippen LogP contribution in [0, 0.1) is 6.92 Å². The van der Waals surface area contributed by atoms with Crippen molar-refractivity contribution >= 4 is 40.4 Å². The number of benzene rings is 3. The molecule has 0 radical (unpaired) electrons. The van der Waals surface area contributed by atoms with Crippen LogP contribution in [0.25, 0.3) is 5.57 Å². The number of rotatable bonds is 6. The first-order valence-electron chi connectivity index (χ1n) is 9.87. The second-order valence-electron chi connectivity index (χ2n) is 7.24. The van der Waals surface area contributed by atoms with Crippen molar-refractivity contribution < 1.29 is 19.1 Å². The number of hydrogen-bond donors (Lipinski definition) is 1. The summed E-state index contributed by atoms with van der Waals surface area (Å²) in [4.78, 5) is 28.1. The number of hydrogen-bond acceptors (Lipinski definition) is 5. The van der Waals surface area contributed by atoms with E-state index in [0.29, 0.717) is 33.5 Å². The smallest absolute Gasteiger partial charge is 0.282 e. The molecule has 0 aromatic heterocycles. The Balaban J connectivity index is 1.81. The number of nitrogens with one attached hydrogen (secondary N) is 1. The van der Waals surface area contributed by atoms with Gasteiger partial charge in [-0.3, -0.25) is 9.59 Å². The highest BCUT2D eigenvalue weighted by Crippen LogP contribution is 2.35. The number of amides is 2. The fourth-order valence-electron chi connectivity index (χ4n) is 3.56. The number of carbonyl (C=O) groups is 2. The van der Waals surface area contributed by atoms with Crippen molar-refractivity contribution in [3.8, 4) is 11.5 Å². The molecule has 0 atom stereocenters. The number of methoxy groups -OCH3 is 2. The molecule has 1 heterocycles. The second kappa shape index (κ2) is 8.77. The Hall–Kier alpha value is -3.77. The van der Waals surface area contributed by atoms with Gasteiger partial charge in [-0.25, -0.2) is 4.90 Å².